The molecule has 4 nitrogen and oxygen atoms in total. The molecule has 0 amide bonds. The van der Waals surface area contributed by atoms with E-state index in [9.17, 15) is 0 Å². The SMILES string of the molecule is CC(C)(C)CC(C)(C)c1ccc(OCCOCC[N+](C)(C)Cc2ccc(OCc3ccc(Cl)c(Cl)c3)cc2)cc1. The van der Waals surface area contributed by atoms with Gasteiger partial charge in [0.2, 0.25) is 0 Å². The van der Waals surface area contributed by atoms with Gasteiger partial charge >= 0.3 is 0 Å². The molecule has 0 radical (unpaired) electrons. The Bertz CT molecular complexity index is 1200. The second kappa shape index (κ2) is 14.1. The maximum absolute atomic E-state index is 6.09. The summed E-state index contributed by atoms with van der Waals surface area (Å²) in [6, 6.07) is 22.3. The van der Waals surface area contributed by atoms with E-state index in [-0.39, 0.29) is 10.8 Å². The van der Waals surface area contributed by atoms with Gasteiger partial charge in [-0.15, -0.1) is 0 Å². The van der Waals surface area contributed by atoms with Gasteiger partial charge in [-0.25, -0.2) is 0 Å². The number of likely N-dealkylation sites (N-methyl/N-ethyl adjacent to an activating group) is 1. The van der Waals surface area contributed by atoms with Crippen LogP contribution in [0, 0.1) is 5.41 Å². The Hall–Kier alpha value is -2.24. The van der Waals surface area contributed by atoms with Crippen LogP contribution in [0.5, 0.6) is 11.5 Å². The number of nitrogens with zero attached hydrogens (tertiary/aromatic N) is 1. The minimum absolute atomic E-state index is 0.133. The van der Waals surface area contributed by atoms with E-state index in [1.807, 2.05) is 24.3 Å². The predicted octanol–water partition coefficient (Wildman–Crippen LogP) is 8.96. The van der Waals surface area contributed by atoms with E-state index < -0.39 is 0 Å². The lowest BCUT2D eigenvalue weighted by Gasteiger charge is -2.33. The van der Waals surface area contributed by atoms with Crippen molar-refractivity contribution in [1.29, 1.82) is 0 Å². The van der Waals surface area contributed by atoms with E-state index in [1.54, 1.807) is 6.07 Å². The molecule has 0 fully saturated rings. The number of quaternary nitrogens is 1. The molecule has 3 aromatic carbocycles. The van der Waals surface area contributed by atoms with Crippen molar-refractivity contribution in [3.05, 3.63) is 93.5 Å². The van der Waals surface area contributed by atoms with Gasteiger partial charge in [0.1, 0.15) is 37.8 Å². The highest BCUT2D eigenvalue weighted by Crippen LogP contribution is 2.36. The quantitative estimate of drug-likeness (QED) is 0.139. The molecule has 0 aliphatic rings. The number of hydrogen-bond donors (Lipinski definition) is 0. The summed E-state index contributed by atoms with van der Waals surface area (Å²) in [6.07, 6.45) is 1.13. The Kier molecular flexibility index (Phi) is 11.4. The van der Waals surface area contributed by atoms with Crippen LogP contribution in [0.15, 0.2) is 66.7 Å². The lowest BCUT2D eigenvalue weighted by atomic mass is 9.72. The van der Waals surface area contributed by atoms with E-state index in [2.05, 4.69) is 85.1 Å². The largest absolute Gasteiger partial charge is 0.491 e. The molecular weight excluding hydrogens is 541 g/mol. The normalized spacial score (nSPS) is 12.4. The molecule has 0 unspecified atom stereocenters. The fourth-order valence-corrected chi connectivity index (χ4v) is 5.44. The van der Waals surface area contributed by atoms with Crippen LogP contribution in [0.25, 0.3) is 0 Å². The Morgan fingerprint density at radius 3 is 1.90 bits per heavy atom. The molecule has 40 heavy (non-hydrogen) atoms. The molecule has 0 saturated heterocycles. The van der Waals surface area contributed by atoms with Crippen molar-refractivity contribution < 1.29 is 18.7 Å². The van der Waals surface area contributed by atoms with Gasteiger partial charge in [0.05, 0.1) is 37.4 Å². The highest BCUT2D eigenvalue weighted by molar-refractivity contribution is 6.42. The second-order valence-corrected chi connectivity index (χ2v) is 13.9. The van der Waals surface area contributed by atoms with Crippen molar-refractivity contribution in [2.75, 3.05) is 40.5 Å². The highest BCUT2D eigenvalue weighted by atomic mass is 35.5. The molecule has 3 rings (SSSR count). The van der Waals surface area contributed by atoms with Crippen molar-refractivity contribution in [1.82, 2.24) is 0 Å². The van der Waals surface area contributed by atoms with Crippen LogP contribution < -0.4 is 9.47 Å². The summed E-state index contributed by atoms with van der Waals surface area (Å²) in [5, 5.41) is 1.08. The maximum Gasteiger partial charge on any atom is 0.119 e. The van der Waals surface area contributed by atoms with E-state index in [0.717, 1.165) is 41.1 Å². The Morgan fingerprint density at radius 2 is 1.27 bits per heavy atom. The first kappa shape index (κ1) is 32.3. The average molecular weight is 588 g/mol. The summed E-state index contributed by atoms with van der Waals surface area (Å²) in [5.74, 6) is 1.71. The van der Waals surface area contributed by atoms with Crippen LogP contribution >= 0.6 is 23.2 Å². The molecule has 218 valence electrons. The van der Waals surface area contributed by atoms with Gasteiger partial charge in [0.15, 0.2) is 0 Å². The maximum atomic E-state index is 6.09. The zero-order chi connectivity index (χ0) is 29.4. The summed E-state index contributed by atoms with van der Waals surface area (Å²) >= 11 is 12.1. The molecule has 0 bridgehead atoms. The van der Waals surface area contributed by atoms with E-state index in [4.69, 9.17) is 37.4 Å². The minimum Gasteiger partial charge on any atom is -0.491 e. The van der Waals surface area contributed by atoms with Crippen molar-refractivity contribution in [2.24, 2.45) is 5.41 Å². The molecule has 0 aliphatic heterocycles. The summed E-state index contributed by atoms with van der Waals surface area (Å²) in [4.78, 5) is 0. The second-order valence-electron chi connectivity index (χ2n) is 13.1. The summed E-state index contributed by atoms with van der Waals surface area (Å²) in [7, 11) is 4.44. The lowest BCUT2D eigenvalue weighted by Crippen LogP contribution is -2.41. The Labute approximate surface area is 251 Å². The van der Waals surface area contributed by atoms with Crippen molar-refractivity contribution in [2.45, 2.75) is 59.6 Å². The number of halogens is 2. The number of rotatable bonds is 14. The van der Waals surface area contributed by atoms with E-state index in [1.165, 1.54) is 11.1 Å². The van der Waals surface area contributed by atoms with Crippen LogP contribution in [0.3, 0.4) is 0 Å². The third-order valence-corrected chi connectivity index (χ3v) is 7.61. The van der Waals surface area contributed by atoms with Gasteiger partial charge in [-0.3, -0.25) is 0 Å². The third kappa shape index (κ3) is 11.0. The molecule has 0 aromatic heterocycles. The zero-order valence-electron chi connectivity index (χ0n) is 25.2. The van der Waals surface area contributed by atoms with Crippen LogP contribution in [0.4, 0.5) is 0 Å². The smallest absolute Gasteiger partial charge is 0.119 e. The first-order chi connectivity index (χ1) is 18.7. The lowest BCUT2D eigenvalue weighted by molar-refractivity contribution is -0.904. The van der Waals surface area contributed by atoms with Crippen molar-refractivity contribution in [3.63, 3.8) is 0 Å². The fraction of sp³-hybridized carbons (Fsp3) is 0.471. The number of hydrogen-bond acceptors (Lipinski definition) is 3. The van der Waals surface area contributed by atoms with Gasteiger partial charge in [-0.1, -0.05) is 76.0 Å². The van der Waals surface area contributed by atoms with Crippen molar-refractivity contribution in [3.8, 4) is 11.5 Å². The average Bonchev–Trinajstić information content (AvgIpc) is 2.86. The third-order valence-electron chi connectivity index (χ3n) is 6.87. The number of benzene rings is 3. The fourth-order valence-electron chi connectivity index (χ4n) is 5.12. The van der Waals surface area contributed by atoms with E-state index in [0.29, 0.717) is 36.5 Å². The molecule has 0 atom stereocenters. The summed E-state index contributed by atoms with van der Waals surface area (Å²) in [5.41, 5.74) is 4.00. The molecule has 6 heteroatoms. The minimum atomic E-state index is 0.133. The topological polar surface area (TPSA) is 27.7 Å². The highest BCUT2D eigenvalue weighted by Gasteiger charge is 2.27. The van der Waals surface area contributed by atoms with Crippen LogP contribution in [-0.4, -0.2) is 44.9 Å². The molecule has 3 aromatic rings. The first-order valence-corrected chi connectivity index (χ1v) is 14.8. The molecule has 0 spiro atoms. The zero-order valence-corrected chi connectivity index (χ0v) is 26.7. The number of ether oxygens (including phenoxy) is 3. The summed E-state index contributed by atoms with van der Waals surface area (Å²) < 4.78 is 18.5. The molecule has 0 N–H and O–H groups in total. The van der Waals surface area contributed by atoms with Crippen LogP contribution in [0.2, 0.25) is 10.0 Å². The van der Waals surface area contributed by atoms with Gasteiger partial charge in [0, 0.05) is 5.56 Å². The molecular formula is C34H46Cl2NO3+. The standard InChI is InChI=1S/C34H46Cl2NO3/c1-33(2,3)25-34(4,5)28-11-15-29(16-12-28)39-21-20-38-19-18-37(6,7)23-26-8-13-30(14-9-26)40-24-27-10-17-31(35)32(36)22-27/h8-17,22H,18-21,23-25H2,1-7H3/q+1. The van der Waals surface area contributed by atoms with Gasteiger partial charge < -0.3 is 18.7 Å². The monoisotopic (exact) mass is 586 g/mol. The van der Waals surface area contributed by atoms with E-state index >= 15 is 0 Å². The molecule has 0 aliphatic carbocycles. The van der Waals surface area contributed by atoms with Gasteiger partial charge in [-0.05, 0) is 76.9 Å². The Balaban J connectivity index is 1.34. The molecule has 0 saturated carbocycles. The van der Waals surface area contributed by atoms with Crippen LogP contribution in [-0.2, 0) is 23.3 Å². The predicted molar refractivity (Wildman–Crippen MR) is 168 cm³/mol. The first-order valence-electron chi connectivity index (χ1n) is 14.0. The van der Waals surface area contributed by atoms with Crippen LogP contribution in [0.1, 0.15) is 57.7 Å². The van der Waals surface area contributed by atoms with Gasteiger partial charge in [0.25, 0.3) is 0 Å². The van der Waals surface area contributed by atoms with Gasteiger partial charge in [-0.2, -0.15) is 0 Å². The summed E-state index contributed by atoms with van der Waals surface area (Å²) in [6.45, 7) is 15.6. The van der Waals surface area contributed by atoms with Crippen molar-refractivity contribution >= 4 is 23.2 Å². The molecule has 0 heterocycles. The Morgan fingerprint density at radius 1 is 0.675 bits per heavy atom.